The molecule has 3 aromatic rings. The lowest BCUT2D eigenvalue weighted by molar-refractivity contribution is 0.0921. The maximum absolute atomic E-state index is 12.1. The van der Waals surface area contributed by atoms with Crippen LogP contribution in [0.25, 0.3) is 22.1 Å². The summed E-state index contributed by atoms with van der Waals surface area (Å²) in [6.45, 7) is 6.46. The van der Waals surface area contributed by atoms with Crippen LogP contribution < -0.4 is 10.4 Å². The predicted molar refractivity (Wildman–Crippen MR) is 99.4 cm³/mol. The van der Waals surface area contributed by atoms with E-state index in [4.69, 9.17) is 13.9 Å². The molecule has 25 heavy (non-hydrogen) atoms. The number of hydrogen-bond acceptors (Lipinski definition) is 4. The molecule has 1 heterocycles. The molecule has 0 amide bonds. The highest BCUT2D eigenvalue weighted by molar-refractivity contribution is 5.97. The molecule has 3 rings (SSSR count). The van der Waals surface area contributed by atoms with Gasteiger partial charge in [-0.1, -0.05) is 24.3 Å². The first-order valence-corrected chi connectivity index (χ1v) is 8.29. The van der Waals surface area contributed by atoms with Crippen molar-refractivity contribution in [2.75, 3.05) is 13.7 Å². The summed E-state index contributed by atoms with van der Waals surface area (Å²) in [7, 11) is 1.64. The number of ether oxygens (including phenoxy) is 2. The first kappa shape index (κ1) is 17.2. The monoisotopic (exact) mass is 338 g/mol. The van der Waals surface area contributed by atoms with E-state index in [0.29, 0.717) is 17.9 Å². The number of methoxy groups -OCH3 is 1. The van der Waals surface area contributed by atoms with Gasteiger partial charge in [-0.05, 0) is 43.5 Å². The molecule has 130 valence electrons. The molecular weight excluding hydrogens is 316 g/mol. The highest BCUT2D eigenvalue weighted by Crippen LogP contribution is 2.34. The molecule has 4 heteroatoms. The molecule has 0 N–H and O–H groups in total. The van der Waals surface area contributed by atoms with Crippen molar-refractivity contribution < 1.29 is 13.9 Å². The Hall–Kier alpha value is -2.59. The largest absolute Gasteiger partial charge is 0.488 e. The predicted octanol–water partition coefficient (Wildman–Crippen LogP) is 4.49. The summed E-state index contributed by atoms with van der Waals surface area (Å²) in [4.78, 5) is 12.1. The van der Waals surface area contributed by atoms with Crippen LogP contribution in [0, 0.1) is 13.8 Å². The molecule has 0 saturated heterocycles. The maximum atomic E-state index is 12.1. The molecule has 0 aliphatic heterocycles. The van der Waals surface area contributed by atoms with Gasteiger partial charge >= 0.3 is 5.63 Å². The Morgan fingerprint density at radius 3 is 2.52 bits per heavy atom. The summed E-state index contributed by atoms with van der Waals surface area (Å²) >= 11 is 0. The average molecular weight is 338 g/mol. The third-order valence-electron chi connectivity index (χ3n) is 4.19. The standard InChI is InChI=1S/C21H22O4/c1-13-7-5-6-8-17(13)18-11-20(22)25-19-10-16(9-14(2)21(18)19)24-15(3)12-23-4/h5-11,15H,12H2,1-4H3/t15-/m0/s1. The molecular formula is C21H22O4. The molecule has 0 bridgehead atoms. The van der Waals surface area contributed by atoms with Gasteiger partial charge in [-0.15, -0.1) is 0 Å². The Bertz CT molecular complexity index is 956. The van der Waals surface area contributed by atoms with Crippen molar-refractivity contribution in [3.63, 3.8) is 0 Å². The molecule has 0 spiro atoms. The Morgan fingerprint density at radius 2 is 1.80 bits per heavy atom. The van der Waals surface area contributed by atoms with E-state index in [1.54, 1.807) is 19.2 Å². The van der Waals surface area contributed by atoms with Gasteiger partial charge in [0.05, 0.1) is 6.61 Å². The highest BCUT2D eigenvalue weighted by Gasteiger charge is 2.14. The smallest absolute Gasteiger partial charge is 0.336 e. The second-order valence-corrected chi connectivity index (χ2v) is 6.29. The van der Waals surface area contributed by atoms with E-state index in [1.165, 1.54) is 0 Å². The summed E-state index contributed by atoms with van der Waals surface area (Å²) in [6.07, 6.45) is -0.0897. The van der Waals surface area contributed by atoms with Crippen molar-refractivity contribution in [3.05, 3.63) is 64.0 Å². The van der Waals surface area contributed by atoms with Gasteiger partial charge in [-0.2, -0.15) is 0 Å². The fraction of sp³-hybridized carbons (Fsp3) is 0.286. The zero-order chi connectivity index (χ0) is 18.0. The highest BCUT2D eigenvalue weighted by atomic mass is 16.5. The van der Waals surface area contributed by atoms with Gasteiger partial charge < -0.3 is 13.9 Å². The van der Waals surface area contributed by atoms with E-state index in [9.17, 15) is 4.79 Å². The molecule has 2 aromatic carbocycles. The zero-order valence-electron chi connectivity index (χ0n) is 15.0. The van der Waals surface area contributed by atoms with Crippen molar-refractivity contribution in [1.29, 1.82) is 0 Å². The van der Waals surface area contributed by atoms with Crippen LogP contribution in [0.1, 0.15) is 18.1 Å². The van der Waals surface area contributed by atoms with Crippen LogP contribution >= 0.6 is 0 Å². The summed E-state index contributed by atoms with van der Waals surface area (Å²) in [5.74, 6) is 0.666. The quantitative estimate of drug-likeness (QED) is 0.643. The van der Waals surface area contributed by atoms with Gasteiger partial charge in [-0.3, -0.25) is 0 Å². The van der Waals surface area contributed by atoms with Gasteiger partial charge in [0, 0.05) is 30.2 Å². The average Bonchev–Trinajstić information content (AvgIpc) is 2.54. The first-order chi connectivity index (χ1) is 12.0. The van der Waals surface area contributed by atoms with Gasteiger partial charge in [-0.25, -0.2) is 4.79 Å². The fourth-order valence-electron chi connectivity index (χ4n) is 3.13. The van der Waals surface area contributed by atoms with Crippen LogP contribution in [-0.4, -0.2) is 19.8 Å². The lowest BCUT2D eigenvalue weighted by atomic mass is 9.95. The molecule has 0 unspecified atom stereocenters. The maximum Gasteiger partial charge on any atom is 0.336 e. The van der Waals surface area contributed by atoms with Crippen molar-refractivity contribution in [2.45, 2.75) is 26.9 Å². The molecule has 1 aromatic heterocycles. The SMILES string of the molecule is COC[C@H](C)Oc1cc(C)c2c(-c3ccccc3C)cc(=O)oc2c1. The van der Waals surface area contributed by atoms with Crippen LogP contribution in [0.4, 0.5) is 0 Å². The van der Waals surface area contributed by atoms with E-state index in [-0.39, 0.29) is 11.7 Å². The Morgan fingerprint density at radius 1 is 1.04 bits per heavy atom. The van der Waals surface area contributed by atoms with Crippen LogP contribution in [0.2, 0.25) is 0 Å². The van der Waals surface area contributed by atoms with Crippen LogP contribution in [0.15, 0.2) is 51.7 Å². The Kier molecular flexibility index (Phi) is 4.91. The number of fused-ring (bicyclic) bond motifs is 1. The molecule has 4 nitrogen and oxygen atoms in total. The topological polar surface area (TPSA) is 48.7 Å². The molecule has 0 aliphatic carbocycles. The van der Waals surface area contributed by atoms with Crippen molar-refractivity contribution in [1.82, 2.24) is 0 Å². The normalized spacial score (nSPS) is 12.3. The molecule has 0 aliphatic rings. The van der Waals surface area contributed by atoms with Crippen molar-refractivity contribution in [3.8, 4) is 16.9 Å². The molecule has 1 atom stereocenters. The minimum Gasteiger partial charge on any atom is -0.488 e. The van der Waals surface area contributed by atoms with Gasteiger partial charge in [0.1, 0.15) is 17.4 Å². The number of rotatable bonds is 5. The third kappa shape index (κ3) is 3.59. The van der Waals surface area contributed by atoms with E-state index in [2.05, 4.69) is 0 Å². The second-order valence-electron chi connectivity index (χ2n) is 6.29. The van der Waals surface area contributed by atoms with Gasteiger partial charge in [0.25, 0.3) is 0 Å². The second kappa shape index (κ2) is 7.11. The van der Waals surface area contributed by atoms with Crippen LogP contribution in [0.5, 0.6) is 5.75 Å². The Balaban J connectivity index is 2.18. The molecule has 0 saturated carbocycles. The van der Waals surface area contributed by atoms with E-state index in [0.717, 1.165) is 27.6 Å². The van der Waals surface area contributed by atoms with Gasteiger partial charge in [0.15, 0.2) is 0 Å². The minimum absolute atomic E-state index is 0.0897. The summed E-state index contributed by atoms with van der Waals surface area (Å²) in [5, 5.41) is 0.931. The Labute approximate surface area is 147 Å². The summed E-state index contributed by atoms with van der Waals surface area (Å²) in [5.41, 5.74) is 4.20. The van der Waals surface area contributed by atoms with Crippen LogP contribution in [0.3, 0.4) is 0 Å². The summed E-state index contributed by atoms with van der Waals surface area (Å²) in [6, 6.07) is 13.3. The lowest BCUT2D eigenvalue weighted by Crippen LogP contribution is -2.18. The number of benzene rings is 2. The number of aryl methyl sites for hydroxylation is 2. The zero-order valence-corrected chi connectivity index (χ0v) is 15.0. The van der Waals surface area contributed by atoms with E-state index >= 15 is 0 Å². The molecule has 0 radical (unpaired) electrons. The summed E-state index contributed by atoms with van der Waals surface area (Å²) < 4.78 is 16.4. The van der Waals surface area contributed by atoms with Crippen molar-refractivity contribution in [2.24, 2.45) is 0 Å². The fourth-order valence-corrected chi connectivity index (χ4v) is 3.13. The molecule has 0 fully saturated rings. The van der Waals surface area contributed by atoms with E-state index in [1.807, 2.05) is 51.1 Å². The first-order valence-electron chi connectivity index (χ1n) is 8.29. The van der Waals surface area contributed by atoms with Crippen LogP contribution in [-0.2, 0) is 4.74 Å². The lowest BCUT2D eigenvalue weighted by Gasteiger charge is -2.16. The minimum atomic E-state index is -0.368. The van der Waals surface area contributed by atoms with Gasteiger partial charge in [0.2, 0.25) is 0 Å². The van der Waals surface area contributed by atoms with E-state index < -0.39 is 0 Å². The van der Waals surface area contributed by atoms with Crippen molar-refractivity contribution >= 4 is 11.0 Å². The third-order valence-corrected chi connectivity index (χ3v) is 4.19. The number of hydrogen-bond donors (Lipinski definition) is 0.